The molecular formula is C12H13N3O2S. The minimum atomic E-state index is -0.952. The van der Waals surface area contributed by atoms with Gasteiger partial charge in [0.1, 0.15) is 5.52 Å². The molecule has 6 heteroatoms. The number of hydrogen-bond acceptors (Lipinski definition) is 4. The van der Waals surface area contributed by atoms with Crippen LogP contribution in [0.3, 0.4) is 0 Å². The summed E-state index contributed by atoms with van der Waals surface area (Å²) in [5, 5.41) is 17.3. The van der Waals surface area contributed by atoms with E-state index in [0.717, 1.165) is 29.9 Å². The van der Waals surface area contributed by atoms with E-state index in [1.807, 2.05) is 22.5 Å². The maximum atomic E-state index is 11.1. The van der Waals surface area contributed by atoms with Gasteiger partial charge >= 0.3 is 5.97 Å². The van der Waals surface area contributed by atoms with Gasteiger partial charge in [-0.1, -0.05) is 11.3 Å². The molecule has 94 valence electrons. The van der Waals surface area contributed by atoms with Crippen LogP contribution < -0.4 is 0 Å². The van der Waals surface area contributed by atoms with E-state index in [-0.39, 0.29) is 5.56 Å². The first-order valence-electron chi connectivity index (χ1n) is 5.92. The molecule has 1 N–H and O–H groups in total. The zero-order valence-electron chi connectivity index (χ0n) is 9.74. The lowest BCUT2D eigenvalue weighted by atomic mass is 10.1. The normalized spacial score (nSPS) is 17.1. The van der Waals surface area contributed by atoms with Crippen LogP contribution in [0.4, 0.5) is 0 Å². The van der Waals surface area contributed by atoms with E-state index in [4.69, 9.17) is 5.11 Å². The molecule has 1 aliphatic rings. The molecular weight excluding hydrogens is 250 g/mol. The van der Waals surface area contributed by atoms with E-state index in [9.17, 15) is 4.79 Å². The Morgan fingerprint density at radius 1 is 1.39 bits per heavy atom. The van der Waals surface area contributed by atoms with Crippen LogP contribution in [0.1, 0.15) is 29.2 Å². The van der Waals surface area contributed by atoms with Crippen LogP contribution in [0.5, 0.6) is 0 Å². The number of aromatic nitrogens is 3. The zero-order chi connectivity index (χ0) is 12.5. The lowest BCUT2D eigenvalue weighted by molar-refractivity contribution is 0.0699. The highest BCUT2D eigenvalue weighted by Crippen LogP contribution is 2.29. The van der Waals surface area contributed by atoms with Gasteiger partial charge in [0, 0.05) is 0 Å². The van der Waals surface area contributed by atoms with Gasteiger partial charge in [-0.15, -0.1) is 5.10 Å². The van der Waals surface area contributed by atoms with Crippen LogP contribution in [0.15, 0.2) is 18.2 Å². The fourth-order valence-electron chi connectivity index (χ4n) is 2.33. The number of hydrogen-bond donors (Lipinski definition) is 1. The number of benzene rings is 1. The lowest BCUT2D eigenvalue weighted by Gasteiger charge is -2.21. The molecule has 0 unspecified atom stereocenters. The van der Waals surface area contributed by atoms with Gasteiger partial charge in [-0.25, -0.2) is 9.48 Å². The molecule has 2 aromatic rings. The molecule has 5 nitrogen and oxygen atoms in total. The number of nitrogens with zero attached hydrogens (tertiary/aromatic N) is 3. The monoisotopic (exact) mass is 263 g/mol. The number of aromatic carboxylic acids is 1. The summed E-state index contributed by atoms with van der Waals surface area (Å²) in [6.45, 7) is 0. The number of carboxylic acids is 1. The molecule has 0 amide bonds. The molecule has 1 saturated heterocycles. The highest BCUT2D eigenvalue weighted by molar-refractivity contribution is 7.99. The summed E-state index contributed by atoms with van der Waals surface area (Å²) in [4.78, 5) is 11.1. The molecule has 0 atom stereocenters. The fourth-order valence-corrected chi connectivity index (χ4v) is 3.42. The highest BCUT2D eigenvalue weighted by atomic mass is 32.2. The fraction of sp³-hybridized carbons (Fsp3) is 0.417. The second-order valence-corrected chi connectivity index (χ2v) is 5.58. The number of carboxylic acid groups (broad SMARTS) is 1. The van der Waals surface area contributed by atoms with Crippen LogP contribution in [-0.2, 0) is 0 Å². The minimum Gasteiger partial charge on any atom is -0.478 e. The van der Waals surface area contributed by atoms with E-state index in [1.54, 1.807) is 12.1 Å². The van der Waals surface area contributed by atoms with Crippen molar-refractivity contribution in [2.24, 2.45) is 0 Å². The third kappa shape index (κ3) is 1.86. The van der Waals surface area contributed by atoms with Gasteiger partial charge in [-0.3, -0.25) is 0 Å². The third-order valence-corrected chi connectivity index (χ3v) is 4.32. The Labute approximate surface area is 108 Å². The van der Waals surface area contributed by atoms with Crippen molar-refractivity contribution in [2.75, 3.05) is 11.5 Å². The average Bonchev–Trinajstić information content (AvgIpc) is 2.83. The molecule has 2 heterocycles. The first-order valence-corrected chi connectivity index (χ1v) is 7.08. The van der Waals surface area contributed by atoms with Crippen LogP contribution in [0.2, 0.25) is 0 Å². The van der Waals surface area contributed by atoms with Gasteiger partial charge in [-0.05, 0) is 36.5 Å². The summed E-state index contributed by atoms with van der Waals surface area (Å²) < 4.78 is 1.89. The molecule has 0 aliphatic carbocycles. The van der Waals surface area contributed by atoms with Crippen LogP contribution in [-0.4, -0.2) is 37.6 Å². The van der Waals surface area contributed by atoms with Crippen LogP contribution >= 0.6 is 11.8 Å². The summed E-state index contributed by atoms with van der Waals surface area (Å²) in [5.74, 6) is 1.31. The maximum absolute atomic E-state index is 11.1. The van der Waals surface area contributed by atoms with Crippen molar-refractivity contribution in [1.82, 2.24) is 15.0 Å². The van der Waals surface area contributed by atoms with Crippen LogP contribution in [0, 0.1) is 0 Å². The topological polar surface area (TPSA) is 68.0 Å². The molecule has 1 aliphatic heterocycles. The van der Waals surface area contributed by atoms with Gasteiger partial charge in [0.25, 0.3) is 0 Å². The Balaban J connectivity index is 2.08. The predicted octanol–water partition coefficient (Wildman–Crippen LogP) is 2.20. The van der Waals surface area contributed by atoms with Crippen molar-refractivity contribution < 1.29 is 9.90 Å². The van der Waals surface area contributed by atoms with E-state index in [0.29, 0.717) is 11.6 Å². The van der Waals surface area contributed by atoms with Gasteiger partial charge in [-0.2, -0.15) is 11.8 Å². The number of rotatable bonds is 2. The zero-order valence-corrected chi connectivity index (χ0v) is 10.6. The summed E-state index contributed by atoms with van der Waals surface area (Å²) in [6.07, 6.45) is 2.14. The second-order valence-electron chi connectivity index (χ2n) is 4.36. The second kappa shape index (κ2) is 4.61. The SMILES string of the molecule is O=C(O)c1cccc2c1nnn2C1CCSCC1. The Morgan fingerprint density at radius 2 is 2.17 bits per heavy atom. The predicted molar refractivity (Wildman–Crippen MR) is 70.1 cm³/mol. The smallest absolute Gasteiger partial charge is 0.338 e. The summed E-state index contributed by atoms with van der Waals surface area (Å²) in [7, 11) is 0. The molecule has 0 saturated carbocycles. The Bertz CT molecular complexity index is 590. The van der Waals surface area contributed by atoms with E-state index < -0.39 is 5.97 Å². The van der Waals surface area contributed by atoms with Gasteiger partial charge in [0.2, 0.25) is 0 Å². The molecule has 0 radical (unpaired) electrons. The van der Waals surface area contributed by atoms with E-state index >= 15 is 0 Å². The summed E-state index contributed by atoms with van der Waals surface area (Å²) in [5.41, 5.74) is 1.54. The molecule has 18 heavy (non-hydrogen) atoms. The first kappa shape index (κ1) is 11.5. The maximum Gasteiger partial charge on any atom is 0.338 e. The molecule has 0 bridgehead atoms. The Kier molecular flexibility index (Phi) is 2.95. The quantitative estimate of drug-likeness (QED) is 0.899. The molecule has 1 aromatic heterocycles. The highest BCUT2D eigenvalue weighted by Gasteiger charge is 2.21. The van der Waals surface area contributed by atoms with Gasteiger partial charge < -0.3 is 5.11 Å². The number of thioether (sulfide) groups is 1. The van der Waals surface area contributed by atoms with Crippen molar-refractivity contribution in [3.05, 3.63) is 23.8 Å². The largest absolute Gasteiger partial charge is 0.478 e. The van der Waals surface area contributed by atoms with Gasteiger partial charge in [0.05, 0.1) is 17.1 Å². The van der Waals surface area contributed by atoms with Crippen molar-refractivity contribution in [2.45, 2.75) is 18.9 Å². The molecule has 1 fully saturated rings. The first-order chi connectivity index (χ1) is 8.77. The third-order valence-electron chi connectivity index (χ3n) is 3.27. The van der Waals surface area contributed by atoms with Crippen molar-refractivity contribution >= 4 is 28.8 Å². The average molecular weight is 263 g/mol. The van der Waals surface area contributed by atoms with Crippen LogP contribution in [0.25, 0.3) is 11.0 Å². The summed E-state index contributed by atoms with van der Waals surface area (Å²) in [6, 6.07) is 5.56. The molecule has 0 spiro atoms. The van der Waals surface area contributed by atoms with E-state index in [2.05, 4.69) is 10.3 Å². The molecule has 3 rings (SSSR count). The van der Waals surface area contributed by atoms with Crippen molar-refractivity contribution in [3.63, 3.8) is 0 Å². The van der Waals surface area contributed by atoms with Crippen molar-refractivity contribution in [3.8, 4) is 0 Å². The molecule has 1 aromatic carbocycles. The lowest BCUT2D eigenvalue weighted by Crippen LogP contribution is -2.16. The van der Waals surface area contributed by atoms with E-state index in [1.165, 1.54) is 0 Å². The standard InChI is InChI=1S/C12H13N3O2S/c16-12(17)9-2-1-3-10-11(9)13-14-15(10)8-4-6-18-7-5-8/h1-3,8H,4-7H2,(H,16,17). The minimum absolute atomic E-state index is 0.226. The Hall–Kier alpha value is -1.56. The van der Waals surface area contributed by atoms with Crippen molar-refractivity contribution in [1.29, 1.82) is 0 Å². The van der Waals surface area contributed by atoms with Gasteiger partial charge in [0.15, 0.2) is 0 Å². The number of fused-ring (bicyclic) bond motifs is 1. The summed E-state index contributed by atoms with van der Waals surface area (Å²) >= 11 is 1.95. The Morgan fingerprint density at radius 3 is 2.89 bits per heavy atom. The number of carbonyl (C=O) groups is 1.